The minimum absolute atomic E-state index is 0.0120. The molecule has 7 heteroatoms. The summed E-state index contributed by atoms with van der Waals surface area (Å²) >= 11 is 0. The number of hydrogen-bond acceptors (Lipinski definition) is 3. The van der Waals surface area contributed by atoms with Crippen molar-refractivity contribution < 1.29 is 13.2 Å². The number of aromatic nitrogens is 2. The fraction of sp³-hybridized carbons (Fsp3) is 0.556. The molecule has 2 N–H and O–H groups in total. The summed E-state index contributed by atoms with van der Waals surface area (Å²) in [5, 5.41) is 0. The van der Waals surface area contributed by atoms with Crippen molar-refractivity contribution in [1.29, 1.82) is 0 Å². The molecule has 0 aliphatic heterocycles. The van der Waals surface area contributed by atoms with E-state index in [1.165, 1.54) is 0 Å². The van der Waals surface area contributed by atoms with E-state index in [9.17, 15) is 18.0 Å². The summed E-state index contributed by atoms with van der Waals surface area (Å²) in [7, 11) is 1.00. The third-order valence-corrected chi connectivity index (χ3v) is 2.14. The molecule has 0 radical (unpaired) electrons. The minimum atomic E-state index is -4.65. The molecule has 0 atom stereocenters. The number of hydrogen-bond donors (Lipinski definition) is 1. The Morgan fingerprint density at radius 2 is 2.00 bits per heavy atom. The Balaban J connectivity index is 3.48. The summed E-state index contributed by atoms with van der Waals surface area (Å²) in [6.45, 7) is 1.77. The topological polar surface area (TPSA) is 60.9 Å². The van der Waals surface area contributed by atoms with Crippen LogP contribution >= 0.6 is 0 Å². The number of anilines is 1. The van der Waals surface area contributed by atoms with Crippen LogP contribution in [-0.2, 0) is 19.6 Å². The maximum Gasteiger partial charge on any atom is 0.449 e. The monoisotopic (exact) mass is 235 g/mol. The van der Waals surface area contributed by atoms with Crippen LogP contribution in [0.3, 0.4) is 0 Å². The number of halogens is 3. The van der Waals surface area contributed by atoms with E-state index >= 15 is 0 Å². The van der Waals surface area contributed by atoms with E-state index in [-0.39, 0.29) is 17.8 Å². The van der Waals surface area contributed by atoms with E-state index in [1.54, 1.807) is 6.92 Å². The highest BCUT2D eigenvalue weighted by Crippen LogP contribution is 2.27. The highest BCUT2D eigenvalue weighted by molar-refractivity contribution is 5.41. The summed E-state index contributed by atoms with van der Waals surface area (Å²) in [5.41, 5.74) is 4.36. The van der Waals surface area contributed by atoms with Crippen molar-refractivity contribution in [2.24, 2.45) is 7.05 Å². The summed E-state index contributed by atoms with van der Waals surface area (Å²) < 4.78 is 38.0. The number of rotatable bonds is 2. The van der Waals surface area contributed by atoms with E-state index < -0.39 is 17.6 Å². The first kappa shape index (κ1) is 12.5. The van der Waals surface area contributed by atoms with Gasteiger partial charge in [-0.15, -0.1) is 0 Å². The Labute approximate surface area is 89.9 Å². The van der Waals surface area contributed by atoms with Gasteiger partial charge in [-0.2, -0.15) is 13.2 Å². The lowest BCUT2D eigenvalue weighted by Crippen LogP contribution is -2.31. The molecule has 90 valence electrons. The van der Waals surface area contributed by atoms with Crippen molar-refractivity contribution in [1.82, 2.24) is 9.55 Å². The van der Waals surface area contributed by atoms with Crippen molar-refractivity contribution in [3.63, 3.8) is 0 Å². The molecule has 16 heavy (non-hydrogen) atoms. The zero-order valence-corrected chi connectivity index (χ0v) is 8.93. The molecular weight excluding hydrogens is 223 g/mol. The van der Waals surface area contributed by atoms with Crippen molar-refractivity contribution >= 4 is 5.69 Å². The standard InChI is InChI=1S/C9H12F3N3O/c1-3-4-5-6(13)7(16)15(2)8(14-5)9(10,11)12/h3-4,13H2,1-2H3. The van der Waals surface area contributed by atoms with Crippen molar-refractivity contribution in [2.45, 2.75) is 25.9 Å². The molecular formula is C9H12F3N3O. The summed E-state index contributed by atoms with van der Waals surface area (Å²) in [6.07, 6.45) is -3.82. The number of aryl methyl sites for hydroxylation is 1. The van der Waals surface area contributed by atoms with Gasteiger partial charge in [0.2, 0.25) is 5.82 Å². The Bertz CT molecular complexity index is 451. The predicted molar refractivity (Wildman–Crippen MR) is 52.9 cm³/mol. The average Bonchev–Trinajstić information content (AvgIpc) is 2.17. The van der Waals surface area contributed by atoms with Crippen LogP contribution in [0, 0.1) is 0 Å². The lowest BCUT2D eigenvalue weighted by atomic mass is 10.2. The maximum atomic E-state index is 12.5. The maximum absolute atomic E-state index is 12.5. The van der Waals surface area contributed by atoms with Crippen LogP contribution in [0.25, 0.3) is 0 Å². The second-order valence-electron chi connectivity index (χ2n) is 3.41. The molecule has 0 aliphatic carbocycles. The molecule has 1 aromatic heterocycles. The highest BCUT2D eigenvalue weighted by atomic mass is 19.4. The van der Waals surface area contributed by atoms with Gasteiger partial charge in [0.15, 0.2) is 0 Å². The molecule has 1 heterocycles. The molecule has 0 spiro atoms. The van der Waals surface area contributed by atoms with Gasteiger partial charge in [-0.1, -0.05) is 13.3 Å². The highest BCUT2D eigenvalue weighted by Gasteiger charge is 2.36. The smallest absolute Gasteiger partial charge is 0.393 e. The van der Waals surface area contributed by atoms with Crippen LogP contribution in [0.1, 0.15) is 24.9 Å². The van der Waals surface area contributed by atoms with E-state index in [0.717, 1.165) is 7.05 Å². The van der Waals surface area contributed by atoms with Gasteiger partial charge in [0, 0.05) is 7.05 Å². The molecule has 0 aromatic carbocycles. The van der Waals surface area contributed by atoms with Crippen LogP contribution < -0.4 is 11.3 Å². The summed E-state index contributed by atoms with van der Waals surface area (Å²) in [4.78, 5) is 14.8. The number of nitrogens with zero attached hydrogens (tertiary/aromatic N) is 2. The lowest BCUT2D eigenvalue weighted by Gasteiger charge is -2.13. The third-order valence-electron chi connectivity index (χ3n) is 2.14. The Morgan fingerprint density at radius 3 is 2.44 bits per heavy atom. The number of nitrogen functional groups attached to an aromatic ring is 1. The molecule has 0 aliphatic rings. The van der Waals surface area contributed by atoms with Crippen LogP contribution in [-0.4, -0.2) is 9.55 Å². The first-order valence-electron chi connectivity index (χ1n) is 4.71. The summed E-state index contributed by atoms with van der Waals surface area (Å²) in [6, 6.07) is 0. The molecule has 1 aromatic rings. The molecule has 0 saturated heterocycles. The minimum Gasteiger partial charge on any atom is -0.393 e. The Kier molecular flexibility index (Phi) is 3.25. The van der Waals surface area contributed by atoms with E-state index in [2.05, 4.69) is 4.98 Å². The number of nitrogens with two attached hydrogens (primary N) is 1. The quantitative estimate of drug-likeness (QED) is 0.841. The van der Waals surface area contributed by atoms with Crippen LogP contribution in [0.4, 0.5) is 18.9 Å². The van der Waals surface area contributed by atoms with Crippen molar-refractivity contribution in [3.05, 3.63) is 21.9 Å². The van der Waals surface area contributed by atoms with E-state index in [4.69, 9.17) is 5.73 Å². The molecule has 4 nitrogen and oxygen atoms in total. The zero-order chi connectivity index (χ0) is 12.5. The fourth-order valence-electron chi connectivity index (χ4n) is 1.34. The Hall–Kier alpha value is -1.53. The zero-order valence-electron chi connectivity index (χ0n) is 8.93. The van der Waals surface area contributed by atoms with E-state index in [0.29, 0.717) is 11.0 Å². The van der Waals surface area contributed by atoms with Gasteiger partial charge in [-0.25, -0.2) is 4.98 Å². The third kappa shape index (κ3) is 2.17. The second-order valence-corrected chi connectivity index (χ2v) is 3.41. The number of alkyl halides is 3. The first-order chi connectivity index (χ1) is 7.29. The van der Waals surface area contributed by atoms with Crippen LogP contribution in [0.5, 0.6) is 0 Å². The normalized spacial score (nSPS) is 11.8. The van der Waals surface area contributed by atoms with Gasteiger partial charge >= 0.3 is 6.18 Å². The Morgan fingerprint density at radius 1 is 1.44 bits per heavy atom. The van der Waals surface area contributed by atoms with Gasteiger partial charge in [0.25, 0.3) is 5.56 Å². The average molecular weight is 235 g/mol. The molecule has 0 fully saturated rings. The summed E-state index contributed by atoms with van der Waals surface area (Å²) in [5.74, 6) is -1.21. The SMILES string of the molecule is CCCc1nc(C(F)(F)F)n(C)c(=O)c1N. The largest absolute Gasteiger partial charge is 0.449 e. The molecule has 1 rings (SSSR count). The van der Waals surface area contributed by atoms with Crippen molar-refractivity contribution in [3.8, 4) is 0 Å². The first-order valence-corrected chi connectivity index (χ1v) is 4.71. The molecule has 0 amide bonds. The van der Waals surface area contributed by atoms with E-state index in [1.807, 2.05) is 0 Å². The second kappa shape index (κ2) is 4.15. The lowest BCUT2D eigenvalue weighted by molar-refractivity contribution is -0.147. The van der Waals surface area contributed by atoms with Gasteiger partial charge in [-0.3, -0.25) is 9.36 Å². The van der Waals surface area contributed by atoms with Gasteiger partial charge in [0.1, 0.15) is 5.69 Å². The molecule has 0 saturated carbocycles. The molecule has 0 bridgehead atoms. The van der Waals surface area contributed by atoms with Gasteiger partial charge < -0.3 is 5.73 Å². The van der Waals surface area contributed by atoms with Gasteiger partial charge in [-0.05, 0) is 6.42 Å². The van der Waals surface area contributed by atoms with Crippen molar-refractivity contribution in [2.75, 3.05) is 5.73 Å². The fourth-order valence-corrected chi connectivity index (χ4v) is 1.34. The van der Waals surface area contributed by atoms with Crippen LogP contribution in [0.2, 0.25) is 0 Å². The van der Waals surface area contributed by atoms with Gasteiger partial charge in [0.05, 0.1) is 5.69 Å². The molecule has 0 unspecified atom stereocenters. The van der Waals surface area contributed by atoms with Crippen LogP contribution in [0.15, 0.2) is 4.79 Å². The predicted octanol–water partition coefficient (Wildman–Crippen LogP) is 1.33.